The van der Waals surface area contributed by atoms with Crippen LogP contribution in [-0.2, 0) is 19.3 Å². The number of fused-ring (bicyclic) bond motifs is 1. The summed E-state index contributed by atoms with van der Waals surface area (Å²) in [5.41, 5.74) is 0.905. The molecule has 0 saturated carbocycles. The van der Waals surface area contributed by atoms with Crippen LogP contribution < -0.4 is 28.5 Å². The van der Waals surface area contributed by atoms with Gasteiger partial charge in [-0.3, -0.25) is 0 Å². The van der Waals surface area contributed by atoms with Crippen molar-refractivity contribution in [1.29, 1.82) is 0 Å². The quantitative estimate of drug-likeness (QED) is 0.521. The first-order chi connectivity index (χ1) is 8.40. The average Bonchev–Trinajstić information content (AvgIpc) is 2.58. The Morgan fingerprint density at radius 1 is 1.21 bits per heavy atom. The van der Waals surface area contributed by atoms with Crippen molar-refractivity contribution in [2.75, 3.05) is 0 Å². The summed E-state index contributed by atoms with van der Waals surface area (Å²) >= 11 is 0. The molecule has 1 aromatic heterocycles. The number of nitrogens with zero attached hydrogens (tertiary/aromatic N) is 2. The van der Waals surface area contributed by atoms with E-state index in [-0.39, 0.29) is 24.0 Å². The molecule has 6 heteroatoms. The van der Waals surface area contributed by atoms with Crippen molar-refractivity contribution >= 4 is 11.0 Å². The van der Waals surface area contributed by atoms with Crippen molar-refractivity contribution in [3.63, 3.8) is 0 Å². The van der Waals surface area contributed by atoms with Gasteiger partial charge in [0.25, 0.3) is 5.82 Å². The van der Waals surface area contributed by atoms with E-state index >= 15 is 0 Å². The topological polar surface area (TPSA) is 8.81 Å². The lowest BCUT2D eigenvalue weighted by molar-refractivity contribution is -0.674. The van der Waals surface area contributed by atoms with Gasteiger partial charge in [0.05, 0.1) is 18.7 Å². The molecule has 0 saturated heterocycles. The van der Waals surface area contributed by atoms with Crippen LogP contribution in [0.15, 0.2) is 18.2 Å². The summed E-state index contributed by atoms with van der Waals surface area (Å²) in [6, 6.07) is 3.94. The van der Waals surface area contributed by atoms with E-state index in [1.807, 2.05) is 29.9 Å². The van der Waals surface area contributed by atoms with Crippen LogP contribution in [0.5, 0.6) is 0 Å². The van der Waals surface area contributed by atoms with E-state index in [0.717, 1.165) is 24.0 Å². The molecule has 0 aliphatic heterocycles. The molecule has 0 aliphatic carbocycles. The normalized spacial score (nSPS) is 11.7. The number of rotatable bonds is 2. The molecule has 0 atom stereocenters. The molecule has 2 rings (SSSR count). The first-order valence-corrected chi connectivity index (χ1v) is 6.00. The Morgan fingerprint density at radius 3 is 2.32 bits per heavy atom. The highest BCUT2D eigenvalue weighted by Gasteiger charge is 2.32. The average molecular weight is 384 g/mol. The van der Waals surface area contributed by atoms with E-state index in [1.165, 1.54) is 6.07 Å². The molecule has 0 spiro atoms. The zero-order valence-electron chi connectivity index (χ0n) is 11.1. The Morgan fingerprint density at radius 2 is 1.84 bits per heavy atom. The molecule has 19 heavy (non-hydrogen) atoms. The molecule has 0 radical (unpaired) electrons. The van der Waals surface area contributed by atoms with E-state index < -0.39 is 11.7 Å². The van der Waals surface area contributed by atoms with E-state index in [4.69, 9.17) is 0 Å². The van der Waals surface area contributed by atoms with Gasteiger partial charge in [-0.05, 0) is 26.0 Å². The molecular weight excluding hydrogens is 368 g/mol. The zero-order chi connectivity index (χ0) is 13.5. The second kappa shape index (κ2) is 5.68. The van der Waals surface area contributed by atoms with Crippen molar-refractivity contribution in [3.05, 3.63) is 29.6 Å². The first-order valence-electron chi connectivity index (χ1n) is 6.00. The Bertz CT molecular complexity index is 588. The Kier molecular flexibility index (Phi) is 4.86. The smallest absolute Gasteiger partial charge is 0.416 e. The number of hydrogen-bond donors (Lipinski definition) is 0. The molecule has 1 aromatic carbocycles. The van der Waals surface area contributed by atoms with Crippen molar-refractivity contribution in [2.24, 2.45) is 0 Å². The third kappa shape index (κ3) is 2.73. The standard InChI is InChI=1S/C13H16F3N2.HI/c1-4-17-9(3)18(5-2)12-8-10(13(14,15)16)6-7-11(12)17;/h6-8H,4-5H2,1-3H3;1H/q+1;/p-1. The predicted octanol–water partition coefficient (Wildman–Crippen LogP) is 0.300. The zero-order valence-corrected chi connectivity index (χ0v) is 13.2. The summed E-state index contributed by atoms with van der Waals surface area (Å²) in [7, 11) is 0. The van der Waals surface area contributed by atoms with Crippen LogP contribution in [0.1, 0.15) is 25.2 Å². The van der Waals surface area contributed by atoms with E-state index in [0.29, 0.717) is 12.1 Å². The van der Waals surface area contributed by atoms with Crippen LogP contribution in [-0.4, -0.2) is 4.57 Å². The molecule has 0 bridgehead atoms. The minimum atomic E-state index is -4.29. The number of benzene rings is 1. The lowest BCUT2D eigenvalue weighted by atomic mass is 10.2. The molecule has 0 N–H and O–H groups in total. The lowest BCUT2D eigenvalue weighted by Crippen LogP contribution is -3.00. The Hall–Kier alpha value is -0.790. The molecule has 2 aromatic rings. The van der Waals surface area contributed by atoms with Crippen LogP contribution in [0.3, 0.4) is 0 Å². The van der Waals surface area contributed by atoms with Gasteiger partial charge in [0, 0.05) is 13.0 Å². The van der Waals surface area contributed by atoms with E-state index in [1.54, 1.807) is 6.07 Å². The highest BCUT2D eigenvalue weighted by molar-refractivity contribution is 5.73. The molecule has 2 nitrogen and oxygen atoms in total. The van der Waals surface area contributed by atoms with Crippen LogP contribution >= 0.6 is 0 Å². The van der Waals surface area contributed by atoms with Crippen LogP contribution in [0.2, 0.25) is 0 Å². The molecule has 0 amide bonds. The third-order valence-electron chi connectivity index (χ3n) is 3.30. The monoisotopic (exact) mass is 384 g/mol. The molecule has 1 heterocycles. The lowest BCUT2D eigenvalue weighted by Gasteiger charge is -2.05. The van der Waals surface area contributed by atoms with Crippen molar-refractivity contribution in [2.45, 2.75) is 40.0 Å². The number of alkyl halides is 3. The van der Waals surface area contributed by atoms with Gasteiger partial charge >= 0.3 is 6.18 Å². The summed E-state index contributed by atoms with van der Waals surface area (Å²) in [6.07, 6.45) is -4.29. The first kappa shape index (κ1) is 16.3. The molecule has 0 fully saturated rings. The predicted molar refractivity (Wildman–Crippen MR) is 63.2 cm³/mol. The van der Waals surface area contributed by atoms with Gasteiger partial charge in [-0.15, -0.1) is 0 Å². The maximum Gasteiger partial charge on any atom is 0.416 e. The molecule has 0 aliphatic rings. The fraction of sp³-hybridized carbons (Fsp3) is 0.462. The van der Waals surface area contributed by atoms with Gasteiger partial charge < -0.3 is 24.0 Å². The SMILES string of the molecule is CCn1c(C)[n+](CC)c2ccc(C(F)(F)F)cc21.[I-]. The Balaban J connectivity index is 0.00000180. The minimum Gasteiger partial charge on any atom is -1.00 e. The molecular formula is C13H16F3IN2. The Labute approximate surface area is 127 Å². The maximum absolute atomic E-state index is 12.7. The van der Waals surface area contributed by atoms with Crippen molar-refractivity contribution in [3.8, 4) is 0 Å². The number of imidazole rings is 1. The summed E-state index contributed by atoms with van der Waals surface area (Å²) in [6.45, 7) is 7.27. The molecule has 0 unspecified atom stereocenters. The van der Waals surface area contributed by atoms with Crippen molar-refractivity contribution < 1.29 is 41.7 Å². The second-order valence-corrected chi connectivity index (χ2v) is 4.24. The van der Waals surface area contributed by atoms with Crippen LogP contribution in [0, 0.1) is 6.92 Å². The second-order valence-electron chi connectivity index (χ2n) is 4.24. The van der Waals surface area contributed by atoms with E-state index in [2.05, 4.69) is 0 Å². The largest absolute Gasteiger partial charge is 1.00 e. The van der Waals surface area contributed by atoms with Gasteiger partial charge in [0.1, 0.15) is 0 Å². The minimum absolute atomic E-state index is 0. The summed E-state index contributed by atoms with van der Waals surface area (Å²) in [5.74, 6) is 0.981. The van der Waals surface area contributed by atoms with Gasteiger partial charge in [-0.25, -0.2) is 9.13 Å². The number of hydrogen-bond acceptors (Lipinski definition) is 0. The summed E-state index contributed by atoms with van der Waals surface area (Å²) in [5, 5.41) is 0. The van der Waals surface area contributed by atoms with Gasteiger partial charge in [0.15, 0.2) is 11.0 Å². The number of aryl methyl sites for hydroxylation is 2. The summed E-state index contributed by atoms with van der Waals surface area (Å²) in [4.78, 5) is 0. The maximum atomic E-state index is 12.7. The highest BCUT2D eigenvalue weighted by atomic mass is 127. The fourth-order valence-electron chi connectivity index (χ4n) is 2.44. The summed E-state index contributed by atoms with van der Waals surface area (Å²) < 4.78 is 42.1. The van der Waals surface area contributed by atoms with E-state index in [9.17, 15) is 13.2 Å². The number of halogens is 4. The van der Waals surface area contributed by atoms with Crippen LogP contribution in [0.4, 0.5) is 13.2 Å². The number of aromatic nitrogens is 2. The fourth-order valence-corrected chi connectivity index (χ4v) is 2.44. The highest BCUT2D eigenvalue weighted by Crippen LogP contribution is 2.31. The van der Waals surface area contributed by atoms with Gasteiger partial charge in [0.2, 0.25) is 0 Å². The molecule has 106 valence electrons. The third-order valence-corrected chi connectivity index (χ3v) is 3.30. The van der Waals surface area contributed by atoms with Crippen molar-refractivity contribution in [1.82, 2.24) is 4.57 Å². The van der Waals surface area contributed by atoms with Crippen LogP contribution in [0.25, 0.3) is 11.0 Å². The van der Waals surface area contributed by atoms with Gasteiger partial charge in [-0.2, -0.15) is 13.2 Å². The van der Waals surface area contributed by atoms with Gasteiger partial charge in [-0.1, -0.05) is 0 Å².